The molecule has 0 atom stereocenters. The van der Waals surface area contributed by atoms with Crippen LogP contribution in [0.15, 0.2) is 18.2 Å². The minimum absolute atomic E-state index is 0.146. The third-order valence-corrected chi connectivity index (χ3v) is 3.11. The Morgan fingerprint density at radius 3 is 2.86 bits per heavy atom. The molecule has 0 saturated heterocycles. The molecule has 0 radical (unpaired) electrons. The van der Waals surface area contributed by atoms with Gasteiger partial charge in [-0.1, -0.05) is 6.07 Å². The number of hydrogen-bond donors (Lipinski definition) is 1. The minimum Gasteiger partial charge on any atom is -0.481 e. The van der Waals surface area contributed by atoms with E-state index in [0.717, 1.165) is 5.56 Å². The van der Waals surface area contributed by atoms with E-state index in [-0.39, 0.29) is 17.9 Å². The highest BCUT2D eigenvalue weighted by Crippen LogP contribution is 2.29. The average molecular weight is 294 g/mol. The molecule has 1 aromatic carbocycles. The summed E-state index contributed by atoms with van der Waals surface area (Å²) < 4.78 is 20.6. The number of nitrogens with one attached hydrogen (secondary N) is 1. The van der Waals surface area contributed by atoms with Crippen LogP contribution in [-0.4, -0.2) is 21.8 Å². The second kappa shape index (κ2) is 5.78. The lowest BCUT2D eigenvalue weighted by Gasteiger charge is -2.09. The Labute approximate surface area is 120 Å². The van der Waals surface area contributed by atoms with Crippen LogP contribution in [-0.2, 0) is 13.6 Å². The van der Waals surface area contributed by atoms with E-state index in [4.69, 9.17) is 4.74 Å². The first kappa shape index (κ1) is 14.8. The molecule has 1 aromatic heterocycles. The Kier molecular flexibility index (Phi) is 4.06. The molecular weight excluding hydrogens is 279 g/mol. The molecule has 8 heteroatoms. The summed E-state index contributed by atoms with van der Waals surface area (Å²) in [4.78, 5) is 10.3. The first-order chi connectivity index (χ1) is 9.95. The number of para-hydroxylation sites is 1. The molecule has 2 aromatic rings. The Morgan fingerprint density at radius 1 is 1.52 bits per heavy atom. The van der Waals surface area contributed by atoms with Gasteiger partial charge in [0.1, 0.15) is 5.69 Å². The fraction of sp³-hybridized carbons (Fsp3) is 0.308. The van der Waals surface area contributed by atoms with E-state index in [1.54, 1.807) is 18.7 Å². The summed E-state index contributed by atoms with van der Waals surface area (Å²) in [5.74, 6) is -0.149. The van der Waals surface area contributed by atoms with E-state index in [2.05, 4.69) is 10.4 Å². The van der Waals surface area contributed by atoms with Gasteiger partial charge in [-0.25, -0.2) is 9.07 Å². The van der Waals surface area contributed by atoms with Crippen molar-refractivity contribution in [1.82, 2.24) is 9.78 Å². The molecule has 21 heavy (non-hydrogen) atoms. The van der Waals surface area contributed by atoms with Crippen molar-refractivity contribution in [1.29, 1.82) is 0 Å². The second-order valence-corrected chi connectivity index (χ2v) is 4.44. The predicted molar refractivity (Wildman–Crippen MR) is 74.9 cm³/mol. The highest BCUT2D eigenvalue weighted by molar-refractivity contribution is 5.62. The molecule has 0 aliphatic carbocycles. The van der Waals surface area contributed by atoms with Crippen molar-refractivity contribution >= 4 is 11.4 Å². The van der Waals surface area contributed by atoms with Crippen molar-refractivity contribution in [2.24, 2.45) is 7.05 Å². The number of aromatic nitrogens is 2. The maximum atomic E-state index is 13.8. The van der Waals surface area contributed by atoms with Crippen molar-refractivity contribution in [3.63, 3.8) is 0 Å². The molecule has 0 amide bonds. The van der Waals surface area contributed by atoms with Crippen LogP contribution in [0.4, 0.5) is 15.8 Å². The monoisotopic (exact) mass is 294 g/mol. The van der Waals surface area contributed by atoms with Gasteiger partial charge in [0.05, 0.1) is 23.3 Å². The maximum absolute atomic E-state index is 13.8. The third-order valence-electron chi connectivity index (χ3n) is 3.11. The van der Waals surface area contributed by atoms with Gasteiger partial charge in [0, 0.05) is 19.7 Å². The van der Waals surface area contributed by atoms with Crippen molar-refractivity contribution in [2.75, 3.05) is 12.4 Å². The molecule has 0 aliphatic rings. The molecule has 1 N–H and O–H groups in total. The Morgan fingerprint density at radius 2 is 2.24 bits per heavy atom. The molecule has 0 unspecified atom stereocenters. The van der Waals surface area contributed by atoms with E-state index in [1.807, 2.05) is 0 Å². The summed E-state index contributed by atoms with van der Waals surface area (Å²) in [6.45, 7) is 1.96. The van der Waals surface area contributed by atoms with E-state index in [1.165, 1.54) is 25.3 Å². The fourth-order valence-electron chi connectivity index (χ4n) is 2.16. The predicted octanol–water partition coefficient (Wildman–Crippen LogP) is 2.40. The van der Waals surface area contributed by atoms with Gasteiger partial charge in [0.15, 0.2) is 5.82 Å². The number of nitro groups is 1. The summed E-state index contributed by atoms with van der Waals surface area (Å²) in [7, 11) is 3.23. The maximum Gasteiger partial charge on any atom is 0.295 e. The SMILES string of the molecule is COc1c(CNc2c(F)cccc2[N+](=O)[O-])c(C)nn1C. The Balaban J connectivity index is 2.31. The van der Waals surface area contributed by atoms with Crippen LogP contribution in [0.25, 0.3) is 0 Å². The fourth-order valence-corrected chi connectivity index (χ4v) is 2.16. The zero-order valence-corrected chi connectivity index (χ0v) is 11.9. The topological polar surface area (TPSA) is 82.2 Å². The average Bonchev–Trinajstić information content (AvgIpc) is 2.70. The van der Waals surface area contributed by atoms with E-state index in [0.29, 0.717) is 11.6 Å². The van der Waals surface area contributed by atoms with Crippen LogP contribution in [0.1, 0.15) is 11.3 Å². The highest BCUT2D eigenvalue weighted by atomic mass is 19.1. The van der Waals surface area contributed by atoms with Crippen molar-refractivity contribution in [2.45, 2.75) is 13.5 Å². The molecule has 0 fully saturated rings. The van der Waals surface area contributed by atoms with Crippen molar-refractivity contribution < 1.29 is 14.1 Å². The quantitative estimate of drug-likeness (QED) is 0.676. The summed E-state index contributed by atoms with van der Waals surface area (Å²) in [6, 6.07) is 3.72. The summed E-state index contributed by atoms with van der Waals surface area (Å²) in [5.41, 5.74) is 0.974. The van der Waals surface area contributed by atoms with Gasteiger partial charge in [-0.15, -0.1) is 0 Å². The molecule has 0 spiro atoms. The minimum atomic E-state index is -0.676. The third kappa shape index (κ3) is 2.78. The van der Waals surface area contributed by atoms with Gasteiger partial charge in [0.2, 0.25) is 5.88 Å². The highest BCUT2D eigenvalue weighted by Gasteiger charge is 2.19. The molecule has 0 aliphatic heterocycles. The number of hydrogen-bond acceptors (Lipinski definition) is 5. The number of rotatable bonds is 5. The van der Waals surface area contributed by atoms with Gasteiger partial charge in [-0.2, -0.15) is 5.10 Å². The smallest absolute Gasteiger partial charge is 0.295 e. The molecule has 112 valence electrons. The van der Waals surface area contributed by atoms with E-state index in [9.17, 15) is 14.5 Å². The van der Waals surface area contributed by atoms with Gasteiger partial charge >= 0.3 is 0 Å². The first-order valence-electron chi connectivity index (χ1n) is 6.19. The molecular formula is C13H15FN4O3. The number of aryl methyl sites for hydroxylation is 2. The van der Waals surface area contributed by atoms with Crippen LogP contribution in [0.2, 0.25) is 0 Å². The van der Waals surface area contributed by atoms with Gasteiger partial charge in [-0.05, 0) is 13.0 Å². The largest absolute Gasteiger partial charge is 0.481 e. The normalized spacial score (nSPS) is 10.5. The summed E-state index contributed by atoms with van der Waals surface area (Å²) >= 11 is 0. The Bertz CT molecular complexity index is 684. The van der Waals surface area contributed by atoms with Gasteiger partial charge in [0.25, 0.3) is 5.69 Å². The molecule has 0 bridgehead atoms. The molecule has 2 rings (SSSR count). The zero-order chi connectivity index (χ0) is 15.6. The number of ether oxygens (including phenoxy) is 1. The number of methoxy groups -OCH3 is 1. The van der Waals surface area contributed by atoms with Gasteiger partial charge in [-0.3, -0.25) is 10.1 Å². The van der Waals surface area contributed by atoms with Crippen LogP contribution in [0.5, 0.6) is 5.88 Å². The van der Waals surface area contributed by atoms with E-state index >= 15 is 0 Å². The van der Waals surface area contributed by atoms with Crippen molar-refractivity contribution in [3.8, 4) is 5.88 Å². The van der Waals surface area contributed by atoms with Gasteiger partial charge < -0.3 is 10.1 Å². The number of nitro benzene ring substituents is 1. The second-order valence-electron chi connectivity index (χ2n) is 4.44. The summed E-state index contributed by atoms with van der Waals surface area (Å²) in [6.07, 6.45) is 0. The summed E-state index contributed by atoms with van der Waals surface area (Å²) in [5, 5.41) is 17.9. The molecule has 0 saturated carbocycles. The lowest BCUT2D eigenvalue weighted by molar-refractivity contribution is -0.384. The number of benzene rings is 1. The van der Waals surface area contributed by atoms with Crippen LogP contribution >= 0.6 is 0 Å². The number of anilines is 1. The molecule has 7 nitrogen and oxygen atoms in total. The lowest BCUT2D eigenvalue weighted by Crippen LogP contribution is -2.06. The zero-order valence-electron chi connectivity index (χ0n) is 11.9. The first-order valence-corrected chi connectivity index (χ1v) is 6.19. The number of halogens is 1. The Hall–Kier alpha value is -2.64. The number of nitrogens with zero attached hydrogens (tertiary/aromatic N) is 3. The van der Waals surface area contributed by atoms with Crippen LogP contribution < -0.4 is 10.1 Å². The van der Waals surface area contributed by atoms with E-state index < -0.39 is 10.7 Å². The van der Waals surface area contributed by atoms with Crippen LogP contribution in [0.3, 0.4) is 0 Å². The lowest BCUT2D eigenvalue weighted by atomic mass is 10.2. The van der Waals surface area contributed by atoms with Crippen molar-refractivity contribution in [3.05, 3.63) is 45.4 Å². The van der Waals surface area contributed by atoms with Crippen LogP contribution in [0, 0.1) is 22.9 Å². The standard InChI is InChI=1S/C13H15FN4O3/c1-8-9(13(21-3)17(2)16-8)7-15-12-10(14)5-4-6-11(12)18(19)20/h4-6,15H,7H2,1-3H3. The molecule has 1 heterocycles.